The van der Waals surface area contributed by atoms with Crippen molar-refractivity contribution < 1.29 is 9.90 Å². The van der Waals surface area contributed by atoms with Gasteiger partial charge in [0.15, 0.2) is 0 Å². The Bertz CT molecular complexity index is 465. The highest BCUT2D eigenvalue weighted by atomic mass is 16.4. The lowest BCUT2D eigenvalue weighted by molar-refractivity contribution is -0.143. The van der Waals surface area contributed by atoms with Crippen molar-refractivity contribution in [2.75, 3.05) is 7.05 Å². The summed E-state index contributed by atoms with van der Waals surface area (Å²) in [5, 5.41) is 18.1. The van der Waals surface area contributed by atoms with Gasteiger partial charge in [-0.15, -0.1) is 0 Å². The summed E-state index contributed by atoms with van der Waals surface area (Å²) >= 11 is 0. The van der Waals surface area contributed by atoms with Gasteiger partial charge in [-0.05, 0) is 31.2 Å². The van der Waals surface area contributed by atoms with Crippen molar-refractivity contribution in [3.05, 3.63) is 35.4 Å². The van der Waals surface area contributed by atoms with Crippen LogP contribution in [0.5, 0.6) is 0 Å². The van der Waals surface area contributed by atoms with E-state index in [4.69, 9.17) is 5.26 Å². The molecule has 0 aliphatic heterocycles. The molecule has 0 bridgehead atoms. The Morgan fingerprint density at radius 1 is 1.53 bits per heavy atom. The maximum absolute atomic E-state index is 11.3. The zero-order valence-electron chi connectivity index (χ0n) is 11.5. The van der Waals surface area contributed by atoms with E-state index in [-0.39, 0.29) is 0 Å². The minimum absolute atomic E-state index is 0.467. The average molecular weight is 260 g/mol. The minimum atomic E-state index is -0.785. The van der Waals surface area contributed by atoms with Crippen molar-refractivity contribution in [3.8, 4) is 6.07 Å². The highest BCUT2D eigenvalue weighted by Crippen LogP contribution is 2.13. The van der Waals surface area contributed by atoms with Crippen molar-refractivity contribution >= 4 is 5.97 Å². The van der Waals surface area contributed by atoms with Crippen LogP contribution >= 0.6 is 0 Å². The standard InChI is InChI=1S/C15H20N2O2/c1-3-4-8-14(15(18)19)17(2)11-13-7-5-6-12(9-13)10-16/h5-7,9,14H,3-4,8,11H2,1-2H3,(H,18,19). The SMILES string of the molecule is CCCCC(C(=O)O)N(C)Cc1cccc(C#N)c1. The van der Waals surface area contributed by atoms with Crippen LogP contribution in [-0.4, -0.2) is 29.1 Å². The fraction of sp³-hybridized carbons (Fsp3) is 0.467. The van der Waals surface area contributed by atoms with E-state index in [1.54, 1.807) is 12.1 Å². The number of carboxylic acid groups (broad SMARTS) is 1. The number of carbonyl (C=O) groups is 1. The molecule has 0 amide bonds. The molecule has 1 N–H and O–H groups in total. The van der Waals surface area contributed by atoms with Crippen LogP contribution in [0.1, 0.15) is 37.3 Å². The molecule has 4 nitrogen and oxygen atoms in total. The topological polar surface area (TPSA) is 64.3 Å². The smallest absolute Gasteiger partial charge is 0.320 e. The van der Waals surface area contributed by atoms with Crippen LogP contribution < -0.4 is 0 Å². The molecule has 0 radical (unpaired) electrons. The zero-order chi connectivity index (χ0) is 14.3. The van der Waals surface area contributed by atoms with Crippen LogP contribution in [0.4, 0.5) is 0 Å². The molecule has 0 heterocycles. The summed E-state index contributed by atoms with van der Waals surface area (Å²) in [4.78, 5) is 13.1. The van der Waals surface area contributed by atoms with Crippen LogP contribution in [0, 0.1) is 11.3 Å². The largest absolute Gasteiger partial charge is 0.480 e. The first-order valence-corrected chi connectivity index (χ1v) is 6.50. The van der Waals surface area contributed by atoms with E-state index in [0.29, 0.717) is 18.5 Å². The quantitative estimate of drug-likeness (QED) is 0.818. The molecule has 1 rings (SSSR count). The number of nitriles is 1. The lowest BCUT2D eigenvalue weighted by Crippen LogP contribution is -2.37. The molecule has 0 aliphatic carbocycles. The second-order valence-corrected chi connectivity index (χ2v) is 4.72. The van der Waals surface area contributed by atoms with Crippen LogP contribution in [0.25, 0.3) is 0 Å². The Balaban J connectivity index is 2.72. The van der Waals surface area contributed by atoms with Gasteiger partial charge in [0.1, 0.15) is 6.04 Å². The minimum Gasteiger partial charge on any atom is -0.480 e. The molecule has 0 aromatic heterocycles. The van der Waals surface area contributed by atoms with E-state index in [2.05, 4.69) is 13.0 Å². The second kappa shape index (κ2) is 7.55. The third-order valence-corrected chi connectivity index (χ3v) is 3.14. The molecule has 0 saturated heterocycles. The molecule has 4 heteroatoms. The molecule has 19 heavy (non-hydrogen) atoms. The molecule has 1 unspecified atom stereocenters. The van der Waals surface area contributed by atoms with Crippen molar-refractivity contribution in [2.45, 2.75) is 38.8 Å². The predicted molar refractivity (Wildman–Crippen MR) is 73.6 cm³/mol. The summed E-state index contributed by atoms with van der Waals surface area (Å²) in [6.07, 6.45) is 2.54. The van der Waals surface area contributed by atoms with E-state index < -0.39 is 12.0 Å². The number of nitrogens with zero attached hydrogens (tertiary/aromatic N) is 2. The number of benzene rings is 1. The number of hydrogen-bond acceptors (Lipinski definition) is 3. The fourth-order valence-electron chi connectivity index (χ4n) is 2.07. The maximum Gasteiger partial charge on any atom is 0.320 e. The molecule has 0 spiro atoms. The first-order valence-electron chi connectivity index (χ1n) is 6.50. The third kappa shape index (κ3) is 4.72. The third-order valence-electron chi connectivity index (χ3n) is 3.14. The van der Waals surface area contributed by atoms with E-state index in [1.165, 1.54) is 0 Å². The van der Waals surface area contributed by atoms with Crippen molar-refractivity contribution in [2.24, 2.45) is 0 Å². The average Bonchev–Trinajstić information content (AvgIpc) is 2.39. The fourth-order valence-corrected chi connectivity index (χ4v) is 2.07. The van der Waals surface area contributed by atoms with Gasteiger partial charge < -0.3 is 5.11 Å². The lowest BCUT2D eigenvalue weighted by atomic mass is 10.1. The van der Waals surface area contributed by atoms with Gasteiger partial charge in [-0.1, -0.05) is 31.9 Å². The molecule has 1 aromatic carbocycles. The van der Waals surface area contributed by atoms with E-state index >= 15 is 0 Å². The first-order chi connectivity index (χ1) is 9.08. The van der Waals surface area contributed by atoms with E-state index in [9.17, 15) is 9.90 Å². The summed E-state index contributed by atoms with van der Waals surface area (Å²) in [6, 6.07) is 8.91. The molecular weight excluding hydrogens is 240 g/mol. The number of aliphatic carboxylic acids is 1. The van der Waals surface area contributed by atoms with Gasteiger partial charge in [0.25, 0.3) is 0 Å². The van der Waals surface area contributed by atoms with E-state index in [0.717, 1.165) is 18.4 Å². The summed E-state index contributed by atoms with van der Waals surface area (Å²) in [5.74, 6) is -0.785. The van der Waals surface area contributed by atoms with Gasteiger partial charge in [0.05, 0.1) is 11.6 Å². The monoisotopic (exact) mass is 260 g/mol. The second-order valence-electron chi connectivity index (χ2n) is 4.72. The Morgan fingerprint density at radius 2 is 2.26 bits per heavy atom. The highest BCUT2D eigenvalue weighted by molar-refractivity contribution is 5.73. The lowest BCUT2D eigenvalue weighted by Gasteiger charge is -2.24. The van der Waals surface area contributed by atoms with Crippen LogP contribution in [0.15, 0.2) is 24.3 Å². The Morgan fingerprint density at radius 3 is 2.84 bits per heavy atom. The molecule has 0 fully saturated rings. The molecule has 0 saturated carbocycles. The van der Waals surface area contributed by atoms with Crippen molar-refractivity contribution in [3.63, 3.8) is 0 Å². The molecule has 1 atom stereocenters. The Kier molecular flexibility index (Phi) is 6.04. The first kappa shape index (κ1) is 15.2. The van der Waals surface area contributed by atoms with Crippen LogP contribution in [0.3, 0.4) is 0 Å². The Hall–Kier alpha value is -1.86. The van der Waals surface area contributed by atoms with Crippen LogP contribution in [-0.2, 0) is 11.3 Å². The zero-order valence-corrected chi connectivity index (χ0v) is 11.5. The summed E-state index contributed by atoms with van der Waals surface area (Å²) in [7, 11) is 1.81. The molecular formula is C15H20N2O2. The number of carboxylic acids is 1. The highest BCUT2D eigenvalue weighted by Gasteiger charge is 2.21. The van der Waals surface area contributed by atoms with E-state index in [1.807, 2.05) is 24.1 Å². The van der Waals surface area contributed by atoms with Gasteiger partial charge in [0, 0.05) is 6.54 Å². The summed E-state index contributed by atoms with van der Waals surface area (Å²) < 4.78 is 0. The van der Waals surface area contributed by atoms with Gasteiger partial charge >= 0.3 is 5.97 Å². The molecule has 0 aliphatic rings. The molecule has 1 aromatic rings. The normalized spacial score (nSPS) is 12.1. The number of likely N-dealkylation sites (N-methyl/N-ethyl adjacent to an activating group) is 1. The Labute approximate surface area is 114 Å². The number of unbranched alkanes of at least 4 members (excludes halogenated alkanes) is 1. The predicted octanol–water partition coefficient (Wildman–Crippen LogP) is 2.63. The van der Waals surface area contributed by atoms with Gasteiger partial charge in [-0.2, -0.15) is 5.26 Å². The van der Waals surface area contributed by atoms with Crippen molar-refractivity contribution in [1.82, 2.24) is 4.90 Å². The molecule has 102 valence electrons. The van der Waals surface area contributed by atoms with Gasteiger partial charge in [0.2, 0.25) is 0 Å². The number of hydrogen-bond donors (Lipinski definition) is 1. The maximum atomic E-state index is 11.3. The van der Waals surface area contributed by atoms with Gasteiger partial charge in [-0.25, -0.2) is 0 Å². The van der Waals surface area contributed by atoms with Crippen LogP contribution in [0.2, 0.25) is 0 Å². The number of rotatable bonds is 7. The van der Waals surface area contributed by atoms with Gasteiger partial charge in [-0.3, -0.25) is 9.69 Å². The summed E-state index contributed by atoms with van der Waals surface area (Å²) in [6.45, 7) is 2.59. The summed E-state index contributed by atoms with van der Waals surface area (Å²) in [5.41, 5.74) is 1.57. The van der Waals surface area contributed by atoms with Crippen molar-refractivity contribution in [1.29, 1.82) is 5.26 Å².